The maximum atomic E-state index is 4.10. The van der Waals surface area contributed by atoms with Crippen molar-refractivity contribution in [2.45, 2.75) is 13.8 Å². The highest BCUT2D eigenvalue weighted by Crippen LogP contribution is 2.09. The fourth-order valence-corrected chi connectivity index (χ4v) is 1.05. The Kier molecular flexibility index (Phi) is 4.13. The fourth-order valence-electron chi connectivity index (χ4n) is 1.05. The SMILES string of the molecule is CCNC.Cc1ccc2nc[nH]c2c1. The Labute approximate surface area is 84.6 Å². The van der Waals surface area contributed by atoms with E-state index in [1.807, 2.05) is 13.1 Å². The standard InChI is InChI=1S/C8H8N2.C3H9N/c1-6-2-3-7-8(4-6)10-5-9-7;1-3-4-2/h2-5H,1H3,(H,9,10);4H,3H2,1-2H3. The van der Waals surface area contributed by atoms with E-state index >= 15 is 0 Å². The molecule has 0 aliphatic rings. The van der Waals surface area contributed by atoms with Crippen LogP contribution < -0.4 is 5.32 Å². The lowest BCUT2D eigenvalue weighted by Gasteiger charge is -1.89. The molecule has 0 atom stereocenters. The van der Waals surface area contributed by atoms with Crippen LogP contribution in [0.1, 0.15) is 12.5 Å². The van der Waals surface area contributed by atoms with Gasteiger partial charge in [0, 0.05) is 0 Å². The summed E-state index contributed by atoms with van der Waals surface area (Å²) in [5.74, 6) is 0. The summed E-state index contributed by atoms with van der Waals surface area (Å²) in [6, 6.07) is 6.16. The average Bonchev–Trinajstić information content (AvgIpc) is 2.65. The quantitative estimate of drug-likeness (QED) is 0.724. The maximum Gasteiger partial charge on any atom is 0.0931 e. The molecule has 0 fully saturated rings. The van der Waals surface area contributed by atoms with Crippen LogP contribution in [0.15, 0.2) is 24.5 Å². The number of nitrogens with one attached hydrogen (secondary N) is 2. The second-order valence-corrected chi connectivity index (χ2v) is 3.13. The molecule has 1 aromatic heterocycles. The molecular formula is C11H17N3. The van der Waals surface area contributed by atoms with Gasteiger partial charge in [-0.2, -0.15) is 0 Å². The third-order valence-electron chi connectivity index (χ3n) is 1.93. The molecule has 0 spiro atoms. The predicted molar refractivity (Wildman–Crippen MR) is 60.4 cm³/mol. The van der Waals surface area contributed by atoms with Gasteiger partial charge in [-0.1, -0.05) is 13.0 Å². The minimum Gasteiger partial charge on any atom is -0.345 e. The Morgan fingerprint density at radius 3 is 2.79 bits per heavy atom. The van der Waals surface area contributed by atoms with Crippen LogP contribution >= 0.6 is 0 Å². The largest absolute Gasteiger partial charge is 0.345 e. The first-order valence-electron chi connectivity index (χ1n) is 4.82. The molecule has 1 heterocycles. The van der Waals surface area contributed by atoms with E-state index in [2.05, 4.69) is 41.3 Å². The first kappa shape index (κ1) is 10.7. The highest BCUT2D eigenvalue weighted by Gasteiger charge is 1.92. The van der Waals surface area contributed by atoms with Crippen molar-refractivity contribution in [2.24, 2.45) is 0 Å². The Balaban J connectivity index is 0.000000213. The van der Waals surface area contributed by atoms with Crippen molar-refractivity contribution in [3.05, 3.63) is 30.1 Å². The van der Waals surface area contributed by atoms with Gasteiger partial charge >= 0.3 is 0 Å². The minimum absolute atomic E-state index is 1.03. The van der Waals surface area contributed by atoms with E-state index in [9.17, 15) is 0 Å². The molecule has 0 aliphatic heterocycles. The highest BCUT2D eigenvalue weighted by molar-refractivity contribution is 5.74. The van der Waals surface area contributed by atoms with Gasteiger partial charge < -0.3 is 10.3 Å². The van der Waals surface area contributed by atoms with Crippen LogP contribution in [-0.4, -0.2) is 23.6 Å². The molecule has 3 heteroatoms. The molecule has 0 bridgehead atoms. The number of rotatable bonds is 1. The topological polar surface area (TPSA) is 40.7 Å². The van der Waals surface area contributed by atoms with Crippen LogP contribution in [-0.2, 0) is 0 Å². The maximum absolute atomic E-state index is 4.10. The lowest BCUT2D eigenvalue weighted by molar-refractivity contribution is 0.864. The lowest BCUT2D eigenvalue weighted by atomic mass is 10.2. The summed E-state index contributed by atoms with van der Waals surface area (Å²) in [5, 5.41) is 2.93. The number of benzene rings is 1. The van der Waals surface area contributed by atoms with Crippen molar-refractivity contribution in [1.29, 1.82) is 0 Å². The molecule has 2 aromatic rings. The summed E-state index contributed by atoms with van der Waals surface area (Å²) in [4.78, 5) is 7.15. The van der Waals surface area contributed by atoms with E-state index in [4.69, 9.17) is 0 Å². The molecular weight excluding hydrogens is 174 g/mol. The summed E-state index contributed by atoms with van der Waals surface area (Å²) < 4.78 is 0. The average molecular weight is 191 g/mol. The second-order valence-electron chi connectivity index (χ2n) is 3.13. The van der Waals surface area contributed by atoms with Gasteiger partial charge in [-0.05, 0) is 38.2 Å². The summed E-state index contributed by atoms with van der Waals surface area (Å²) >= 11 is 0. The van der Waals surface area contributed by atoms with Crippen molar-refractivity contribution in [1.82, 2.24) is 15.3 Å². The van der Waals surface area contributed by atoms with E-state index in [1.165, 1.54) is 5.56 Å². The van der Waals surface area contributed by atoms with Crippen LogP contribution in [0.2, 0.25) is 0 Å². The van der Waals surface area contributed by atoms with Crippen molar-refractivity contribution < 1.29 is 0 Å². The van der Waals surface area contributed by atoms with E-state index < -0.39 is 0 Å². The second kappa shape index (κ2) is 5.40. The first-order valence-corrected chi connectivity index (χ1v) is 4.82. The van der Waals surface area contributed by atoms with Crippen molar-refractivity contribution in [3.63, 3.8) is 0 Å². The Morgan fingerprint density at radius 2 is 2.14 bits per heavy atom. The number of aryl methyl sites for hydroxylation is 1. The zero-order valence-corrected chi connectivity index (χ0v) is 8.96. The van der Waals surface area contributed by atoms with Gasteiger partial charge in [-0.15, -0.1) is 0 Å². The van der Waals surface area contributed by atoms with E-state index in [0.29, 0.717) is 0 Å². The number of nitrogens with zero attached hydrogens (tertiary/aromatic N) is 1. The van der Waals surface area contributed by atoms with Crippen LogP contribution in [0.25, 0.3) is 11.0 Å². The van der Waals surface area contributed by atoms with Crippen LogP contribution in [0.4, 0.5) is 0 Å². The Hall–Kier alpha value is -1.35. The molecule has 0 amide bonds. The number of aromatic amines is 1. The zero-order chi connectivity index (χ0) is 10.4. The van der Waals surface area contributed by atoms with Crippen molar-refractivity contribution >= 4 is 11.0 Å². The molecule has 0 radical (unpaired) electrons. The van der Waals surface area contributed by atoms with Gasteiger partial charge in [0.15, 0.2) is 0 Å². The van der Waals surface area contributed by atoms with Crippen LogP contribution in [0, 0.1) is 6.92 Å². The molecule has 2 N–H and O–H groups in total. The Bertz CT molecular complexity index is 377. The monoisotopic (exact) mass is 191 g/mol. The number of H-pyrrole nitrogens is 1. The summed E-state index contributed by atoms with van der Waals surface area (Å²) in [6.07, 6.45) is 1.71. The van der Waals surface area contributed by atoms with Gasteiger partial charge in [0.1, 0.15) is 0 Å². The molecule has 76 valence electrons. The molecule has 0 saturated carbocycles. The molecule has 14 heavy (non-hydrogen) atoms. The van der Waals surface area contributed by atoms with Crippen LogP contribution in [0.3, 0.4) is 0 Å². The highest BCUT2D eigenvalue weighted by atomic mass is 14.9. The molecule has 0 saturated heterocycles. The molecule has 0 unspecified atom stereocenters. The zero-order valence-electron chi connectivity index (χ0n) is 8.96. The van der Waals surface area contributed by atoms with Gasteiger partial charge in [-0.3, -0.25) is 0 Å². The Morgan fingerprint density at radius 1 is 1.43 bits per heavy atom. The number of imidazole rings is 1. The summed E-state index contributed by atoms with van der Waals surface area (Å²) in [7, 11) is 1.93. The summed E-state index contributed by atoms with van der Waals surface area (Å²) in [5.41, 5.74) is 3.40. The number of hydrogen-bond donors (Lipinski definition) is 2. The van der Waals surface area contributed by atoms with E-state index in [0.717, 1.165) is 17.6 Å². The van der Waals surface area contributed by atoms with Crippen molar-refractivity contribution in [2.75, 3.05) is 13.6 Å². The van der Waals surface area contributed by atoms with Crippen LogP contribution in [0.5, 0.6) is 0 Å². The van der Waals surface area contributed by atoms with Gasteiger partial charge in [0.05, 0.1) is 17.4 Å². The predicted octanol–water partition coefficient (Wildman–Crippen LogP) is 2.10. The fraction of sp³-hybridized carbons (Fsp3) is 0.364. The smallest absolute Gasteiger partial charge is 0.0931 e. The minimum atomic E-state index is 1.03. The van der Waals surface area contributed by atoms with Gasteiger partial charge in [0.2, 0.25) is 0 Å². The lowest BCUT2D eigenvalue weighted by Crippen LogP contribution is -2.01. The number of hydrogen-bond acceptors (Lipinski definition) is 2. The molecule has 2 rings (SSSR count). The van der Waals surface area contributed by atoms with Crippen molar-refractivity contribution in [3.8, 4) is 0 Å². The number of aromatic nitrogens is 2. The third-order valence-corrected chi connectivity index (χ3v) is 1.93. The van der Waals surface area contributed by atoms with Gasteiger partial charge in [0.25, 0.3) is 0 Å². The molecule has 1 aromatic carbocycles. The van der Waals surface area contributed by atoms with Gasteiger partial charge in [-0.25, -0.2) is 4.98 Å². The third kappa shape index (κ3) is 2.85. The van der Waals surface area contributed by atoms with E-state index in [-0.39, 0.29) is 0 Å². The molecule has 0 aliphatic carbocycles. The van der Waals surface area contributed by atoms with E-state index in [1.54, 1.807) is 6.33 Å². The number of fused-ring (bicyclic) bond motifs is 1. The first-order chi connectivity index (χ1) is 6.77. The normalized spacial score (nSPS) is 9.64. The summed E-state index contributed by atoms with van der Waals surface area (Å²) in [6.45, 7) is 5.21. The molecule has 3 nitrogen and oxygen atoms in total.